The Kier molecular flexibility index (Phi) is 9.10. The first-order valence-electron chi connectivity index (χ1n) is 20.5. The molecule has 11 rings (SSSR count). The molecule has 0 unspecified atom stereocenters. The molecule has 0 saturated heterocycles. The van der Waals surface area contributed by atoms with Gasteiger partial charge in [0, 0.05) is 33.0 Å². The van der Waals surface area contributed by atoms with E-state index in [0.29, 0.717) is 17.5 Å². The Morgan fingerprint density at radius 2 is 0.754 bits per heavy atom. The van der Waals surface area contributed by atoms with Crippen LogP contribution in [0.25, 0.3) is 106 Å². The van der Waals surface area contributed by atoms with Crippen LogP contribution in [0, 0.1) is 0 Å². The molecular weight excluding hydrogens is 743 g/mol. The zero-order valence-electron chi connectivity index (χ0n) is 33.1. The van der Waals surface area contributed by atoms with Gasteiger partial charge in [0.25, 0.3) is 0 Å². The van der Waals surface area contributed by atoms with Gasteiger partial charge in [-0.15, -0.1) is 0 Å². The van der Waals surface area contributed by atoms with Crippen LogP contribution in [0.2, 0.25) is 0 Å². The summed E-state index contributed by atoms with van der Waals surface area (Å²) in [5.41, 5.74) is 13.7. The van der Waals surface area contributed by atoms with Crippen molar-refractivity contribution >= 4 is 21.7 Å². The van der Waals surface area contributed by atoms with Crippen molar-refractivity contribution < 1.29 is 0 Å². The molecule has 0 fully saturated rings. The minimum absolute atomic E-state index is 0.623. The summed E-state index contributed by atoms with van der Waals surface area (Å²) in [5, 5.41) is 8.86. The Bertz CT molecular complexity index is 3310. The molecule has 0 radical (unpaired) electrons. The zero-order valence-corrected chi connectivity index (χ0v) is 33.1. The largest absolute Gasteiger partial charge is 0.232 e. The van der Waals surface area contributed by atoms with Crippen LogP contribution in [0.1, 0.15) is 0 Å². The zero-order chi connectivity index (χ0) is 40.5. The Labute approximate surface area is 354 Å². The molecule has 0 aliphatic rings. The summed E-state index contributed by atoms with van der Waals surface area (Å²) in [4.78, 5) is 15.0. The quantitative estimate of drug-likeness (QED) is 0.154. The number of rotatable bonds is 8. The summed E-state index contributed by atoms with van der Waals surface area (Å²) in [6.07, 6.45) is 0. The fourth-order valence-corrected chi connectivity index (χ4v) is 8.24. The van der Waals surface area contributed by atoms with Crippen molar-refractivity contribution in [3.8, 4) is 84.5 Å². The molecule has 5 nitrogen and oxygen atoms in total. The fourth-order valence-electron chi connectivity index (χ4n) is 8.24. The van der Waals surface area contributed by atoms with Crippen molar-refractivity contribution in [2.45, 2.75) is 0 Å². The highest BCUT2D eigenvalue weighted by Crippen LogP contribution is 2.42. The normalized spacial score (nSPS) is 11.3. The molecule has 11 aromatic rings. The highest BCUT2D eigenvalue weighted by atomic mass is 15.3. The molecule has 9 aromatic carbocycles. The van der Waals surface area contributed by atoms with Gasteiger partial charge in [-0.3, -0.25) is 0 Å². The Morgan fingerprint density at radius 1 is 0.311 bits per heavy atom. The second-order valence-electron chi connectivity index (χ2n) is 15.1. The Balaban J connectivity index is 0.974. The van der Waals surface area contributed by atoms with Crippen molar-refractivity contribution in [1.82, 2.24) is 24.7 Å². The lowest BCUT2D eigenvalue weighted by atomic mass is 9.94. The summed E-state index contributed by atoms with van der Waals surface area (Å²) in [5.74, 6) is 1.89. The topological polar surface area (TPSA) is 56.5 Å². The van der Waals surface area contributed by atoms with Crippen LogP contribution in [0.3, 0.4) is 0 Å². The second kappa shape index (κ2) is 15.5. The van der Waals surface area contributed by atoms with E-state index in [-0.39, 0.29) is 0 Å². The molecule has 286 valence electrons. The number of hydrogen-bond acceptors (Lipinski definition) is 4. The molecule has 5 heteroatoms. The number of fused-ring (bicyclic) bond motifs is 3. The first kappa shape index (κ1) is 35.8. The molecule has 0 N–H and O–H groups in total. The van der Waals surface area contributed by atoms with E-state index in [4.69, 9.17) is 20.1 Å². The van der Waals surface area contributed by atoms with E-state index in [9.17, 15) is 0 Å². The van der Waals surface area contributed by atoms with Gasteiger partial charge in [0.05, 0.1) is 11.2 Å². The van der Waals surface area contributed by atoms with Gasteiger partial charge in [0.2, 0.25) is 0 Å². The van der Waals surface area contributed by atoms with Gasteiger partial charge >= 0.3 is 0 Å². The van der Waals surface area contributed by atoms with Crippen molar-refractivity contribution in [2.75, 3.05) is 0 Å². The standard InChI is InChI=1S/C56H37N5/c1-5-16-38(17-6-1)45-25-15-26-47(36-45)56-58-54(43-22-11-4-12-23-43)57-55(59-56)44-30-28-39(29-31-44)40-32-34-48(35-33-40)61-53-49-27-14-13-24-46(49)37-50(41-18-7-2-8-19-41)51(53)52(60-61)42-20-9-3-10-21-42/h1-37H. The minimum atomic E-state index is 0.623. The molecule has 0 amide bonds. The maximum Gasteiger partial charge on any atom is 0.164 e. The number of benzene rings is 9. The maximum atomic E-state index is 5.39. The molecule has 0 spiro atoms. The van der Waals surface area contributed by atoms with Crippen LogP contribution in [-0.4, -0.2) is 24.7 Å². The van der Waals surface area contributed by atoms with Gasteiger partial charge in [-0.1, -0.05) is 200 Å². The van der Waals surface area contributed by atoms with Crippen LogP contribution in [0.5, 0.6) is 0 Å². The minimum Gasteiger partial charge on any atom is -0.232 e. The first-order valence-corrected chi connectivity index (χ1v) is 20.5. The third kappa shape index (κ3) is 6.84. The summed E-state index contributed by atoms with van der Waals surface area (Å²) < 4.78 is 2.12. The highest BCUT2D eigenvalue weighted by Gasteiger charge is 2.21. The van der Waals surface area contributed by atoms with Crippen LogP contribution < -0.4 is 0 Å². The van der Waals surface area contributed by atoms with Gasteiger partial charge in [-0.05, 0) is 63.0 Å². The third-order valence-electron chi connectivity index (χ3n) is 11.3. The molecule has 2 aromatic heterocycles. The van der Waals surface area contributed by atoms with Crippen molar-refractivity contribution in [2.24, 2.45) is 0 Å². The van der Waals surface area contributed by atoms with Crippen LogP contribution in [0.4, 0.5) is 0 Å². The van der Waals surface area contributed by atoms with Crippen molar-refractivity contribution in [1.29, 1.82) is 0 Å². The van der Waals surface area contributed by atoms with E-state index >= 15 is 0 Å². The summed E-state index contributed by atoms with van der Waals surface area (Å²) in [6.45, 7) is 0. The molecule has 0 atom stereocenters. The molecule has 0 saturated carbocycles. The van der Waals surface area contributed by atoms with E-state index in [1.165, 1.54) is 5.39 Å². The molecule has 2 heterocycles. The third-order valence-corrected chi connectivity index (χ3v) is 11.3. The van der Waals surface area contributed by atoms with Crippen molar-refractivity contribution in [3.63, 3.8) is 0 Å². The van der Waals surface area contributed by atoms with E-state index in [0.717, 1.165) is 83.3 Å². The van der Waals surface area contributed by atoms with Gasteiger partial charge in [0.1, 0.15) is 5.69 Å². The van der Waals surface area contributed by atoms with E-state index in [1.54, 1.807) is 0 Å². The first-order chi connectivity index (χ1) is 30.2. The lowest BCUT2D eigenvalue weighted by Gasteiger charge is -2.12. The Hall–Kier alpha value is -8.28. The van der Waals surface area contributed by atoms with Gasteiger partial charge in [-0.2, -0.15) is 5.10 Å². The molecule has 61 heavy (non-hydrogen) atoms. The molecule has 0 bridgehead atoms. The molecular formula is C56H37N5. The summed E-state index contributed by atoms with van der Waals surface area (Å²) in [6, 6.07) is 78.1. The second-order valence-corrected chi connectivity index (χ2v) is 15.1. The van der Waals surface area contributed by atoms with Gasteiger partial charge in [-0.25, -0.2) is 19.6 Å². The molecule has 0 aliphatic carbocycles. The fraction of sp³-hybridized carbons (Fsp3) is 0. The lowest BCUT2D eigenvalue weighted by molar-refractivity contribution is 0.918. The van der Waals surface area contributed by atoms with E-state index < -0.39 is 0 Å². The van der Waals surface area contributed by atoms with Crippen LogP contribution in [-0.2, 0) is 0 Å². The van der Waals surface area contributed by atoms with Crippen LogP contribution in [0.15, 0.2) is 224 Å². The van der Waals surface area contributed by atoms with Crippen LogP contribution >= 0.6 is 0 Å². The smallest absolute Gasteiger partial charge is 0.164 e. The Morgan fingerprint density at radius 3 is 1.39 bits per heavy atom. The SMILES string of the molecule is c1ccc(-c2cccc(-c3nc(-c4ccccc4)nc(-c4ccc(-c5ccc(-n6nc(-c7ccccc7)c7c(-c8ccccc8)cc8ccccc8c76)cc5)cc4)n3)c2)cc1. The predicted molar refractivity (Wildman–Crippen MR) is 250 cm³/mol. The maximum absolute atomic E-state index is 5.39. The van der Waals surface area contributed by atoms with Crippen molar-refractivity contribution in [3.05, 3.63) is 224 Å². The molecule has 0 aliphatic heterocycles. The van der Waals surface area contributed by atoms with E-state index in [2.05, 4.69) is 193 Å². The monoisotopic (exact) mass is 779 g/mol. The highest BCUT2D eigenvalue weighted by molar-refractivity contribution is 6.17. The van der Waals surface area contributed by atoms with Gasteiger partial charge < -0.3 is 0 Å². The number of hydrogen-bond donors (Lipinski definition) is 0. The lowest BCUT2D eigenvalue weighted by Crippen LogP contribution is -2.00. The number of aromatic nitrogens is 5. The predicted octanol–water partition coefficient (Wildman–Crippen LogP) is 14.0. The average molecular weight is 780 g/mol. The average Bonchev–Trinajstić information content (AvgIpc) is 3.76. The van der Waals surface area contributed by atoms with E-state index in [1.807, 2.05) is 36.4 Å². The van der Waals surface area contributed by atoms with Gasteiger partial charge in [0.15, 0.2) is 17.5 Å². The summed E-state index contributed by atoms with van der Waals surface area (Å²) in [7, 11) is 0. The number of nitrogens with zero attached hydrogens (tertiary/aromatic N) is 5. The summed E-state index contributed by atoms with van der Waals surface area (Å²) >= 11 is 0.